The lowest BCUT2D eigenvalue weighted by atomic mass is 10.2. The van der Waals surface area contributed by atoms with Gasteiger partial charge in [-0.3, -0.25) is 23.7 Å². The fourth-order valence-electron chi connectivity index (χ4n) is 2.85. The number of hydrogen-bond donors (Lipinski definition) is 3. The van der Waals surface area contributed by atoms with Gasteiger partial charge < -0.3 is 20.1 Å². The standard InChI is InChI=1S/C20H15ClN4O2S.C3H4O4/c21-18-9-8-17(28-18)20(27)22-11-14-12-24(13-23-14)15-4-6-16(7-5-15)25-10-2-1-3-19(25)26;4-2(5)1-3(6)7/h1-10,12-13H,11H2,(H,22,27);1H2,(H,4,5)(H,6,7). The average molecular weight is 515 g/mol. The summed E-state index contributed by atoms with van der Waals surface area (Å²) in [6.45, 7) is 0.318. The maximum absolute atomic E-state index is 12.1. The Balaban J connectivity index is 0.000000429. The zero-order valence-corrected chi connectivity index (χ0v) is 19.6. The summed E-state index contributed by atoms with van der Waals surface area (Å²) in [7, 11) is 0. The Morgan fingerprint density at radius 2 is 1.66 bits per heavy atom. The number of nitrogens with zero attached hydrogens (tertiary/aromatic N) is 3. The first-order valence-corrected chi connectivity index (χ1v) is 11.2. The van der Waals surface area contributed by atoms with E-state index in [2.05, 4.69) is 10.3 Å². The van der Waals surface area contributed by atoms with Gasteiger partial charge in [-0.1, -0.05) is 17.7 Å². The zero-order chi connectivity index (χ0) is 25.4. The van der Waals surface area contributed by atoms with Crippen molar-refractivity contribution in [3.63, 3.8) is 0 Å². The van der Waals surface area contributed by atoms with Crippen LogP contribution in [0.2, 0.25) is 4.34 Å². The molecule has 0 aliphatic carbocycles. The quantitative estimate of drug-likeness (QED) is 0.321. The lowest BCUT2D eigenvalue weighted by Gasteiger charge is -2.07. The number of carbonyl (C=O) groups is 3. The van der Waals surface area contributed by atoms with E-state index >= 15 is 0 Å². The largest absolute Gasteiger partial charge is 0.481 e. The molecule has 10 nitrogen and oxygen atoms in total. The van der Waals surface area contributed by atoms with Crippen LogP contribution < -0.4 is 10.9 Å². The monoisotopic (exact) mass is 514 g/mol. The molecule has 0 aliphatic rings. The van der Waals surface area contributed by atoms with Gasteiger partial charge in [-0.05, 0) is 42.5 Å². The summed E-state index contributed by atoms with van der Waals surface area (Å²) in [4.78, 5) is 47.8. The second kappa shape index (κ2) is 11.8. The molecule has 3 aromatic heterocycles. The Labute approximate surface area is 207 Å². The third-order valence-electron chi connectivity index (χ3n) is 4.41. The van der Waals surface area contributed by atoms with Gasteiger partial charge in [-0.25, -0.2) is 4.98 Å². The van der Waals surface area contributed by atoms with Gasteiger partial charge in [0.2, 0.25) is 0 Å². The molecule has 0 spiro atoms. The molecule has 35 heavy (non-hydrogen) atoms. The van der Waals surface area contributed by atoms with Gasteiger partial charge in [-0.2, -0.15) is 0 Å². The van der Waals surface area contributed by atoms with E-state index in [1.165, 1.54) is 17.4 Å². The van der Waals surface area contributed by atoms with E-state index in [1.54, 1.807) is 35.3 Å². The Kier molecular flexibility index (Phi) is 8.54. The van der Waals surface area contributed by atoms with Crippen LogP contribution in [0.3, 0.4) is 0 Å². The van der Waals surface area contributed by atoms with Crippen LogP contribution in [0.4, 0.5) is 0 Å². The van der Waals surface area contributed by atoms with Gasteiger partial charge in [0.15, 0.2) is 0 Å². The molecule has 0 atom stereocenters. The minimum Gasteiger partial charge on any atom is -0.481 e. The Bertz CT molecular complexity index is 1380. The number of benzene rings is 1. The predicted molar refractivity (Wildman–Crippen MR) is 130 cm³/mol. The highest BCUT2D eigenvalue weighted by Crippen LogP contribution is 2.21. The molecular formula is C23H19ClN4O6S. The van der Waals surface area contributed by atoms with Gasteiger partial charge in [-0.15, -0.1) is 11.3 Å². The Morgan fingerprint density at radius 3 is 2.23 bits per heavy atom. The summed E-state index contributed by atoms with van der Waals surface area (Å²) < 4.78 is 4.02. The molecular weight excluding hydrogens is 496 g/mol. The van der Waals surface area contributed by atoms with Gasteiger partial charge in [0.1, 0.15) is 6.42 Å². The van der Waals surface area contributed by atoms with E-state index in [-0.39, 0.29) is 11.5 Å². The van der Waals surface area contributed by atoms with Crippen molar-refractivity contribution in [2.24, 2.45) is 0 Å². The highest BCUT2D eigenvalue weighted by molar-refractivity contribution is 7.17. The number of amides is 1. The third kappa shape index (κ3) is 7.39. The number of thiophene rings is 1. The molecule has 0 unspecified atom stereocenters. The molecule has 0 aliphatic heterocycles. The second-order valence-electron chi connectivity index (χ2n) is 6.95. The highest BCUT2D eigenvalue weighted by atomic mass is 35.5. The Morgan fingerprint density at radius 1 is 0.971 bits per heavy atom. The molecule has 0 bridgehead atoms. The number of imidazole rings is 1. The maximum atomic E-state index is 12.1. The number of carboxylic acids is 2. The zero-order valence-electron chi connectivity index (χ0n) is 18.0. The van der Waals surface area contributed by atoms with Crippen molar-refractivity contribution in [2.45, 2.75) is 13.0 Å². The number of nitrogens with one attached hydrogen (secondary N) is 1. The van der Waals surface area contributed by atoms with Crippen molar-refractivity contribution >= 4 is 40.8 Å². The van der Waals surface area contributed by atoms with E-state index in [0.29, 0.717) is 15.8 Å². The van der Waals surface area contributed by atoms with E-state index in [9.17, 15) is 19.2 Å². The molecule has 12 heteroatoms. The van der Waals surface area contributed by atoms with Crippen LogP contribution in [0.15, 0.2) is 78.1 Å². The number of carbonyl (C=O) groups excluding carboxylic acids is 1. The number of hydrogen-bond acceptors (Lipinski definition) is 6. The lowest BCUT2D eigenvalue weighted by Crippen LogP contribution is -2.21. The smallest absolute Gasteiger partial charge is 0.314 e. The van der Waals surface area contributed by atoms with Crippen LogP contribution in [-0.4, -0.2) is 42.2 Å². The fraction of sp³-hybridized carbons (Fsp3) is 0.0870. The molecule has 0 saturated heterocycles. The molecule has 180 valence electrons. The first kappa shape index (κ1) is 25.4. The van der Waals surface area contributed by atoms with Crippen LogP contribution in [0, 0.1) is 0 Å². The maximum Gasteiger partial charge on any atom is 0.314 e. The van der Waals surface area contributed by atoms with Crippen molar-refractivity contribution < 1.29 is 24.6 Å². The van der Waals surface area contributed by atoms with Gasteiger partial charge >= 0.3 is 11.9 Å². The second-order valence-corrected chi connectivity index (χ2v) is 8.66. The van der Waals surface area contributed by atoms with E-state index in [1.807, 2.05) is 41.1 Å². The molecule has 0 saturated carbocycles. The van der Waals surface area contributed by atoms with Crippen molar-refractivity contribution in [1.29, 1.82) is 0 Å². The number of rotatable bonds is 7. The predicted octanol–water partition coefficient (Wildman–Crippen LogP) is 3.21. The van der Waals surface area contributed by atoms with Crippen molar-refractivity contribution in [3.8, 4) is 11.4 Å². The van der Waals surface area contributed by atoms with Crippen LogP contribution in [0.1, 0.15) is 21.8 Å². The SMILES string of the molecule is O=C(NCc1cn(-c2ccc(-n3ccccc3=O)cc2)cn1)c1ccc(Cl)s1.O=C(O)CC(=O)O. The number of pyridine rings is 1. The van der Waals surface area contributed by atoms with Crippen LogP contribution >= 0.6 is 22.9 Å². The van der Waals surface area contributed by atoms with E-state index in [0.717, 1.165) is 17.1 Å². The molecule has 3 heterocycles. The number of carboxylic acid groups (broad SMARTS) is 2. The summed E-state index contributed by atoms with van der Waals surface area (Å²) in [5.41, 5.74) is 2.35. The summed E-state index contributed by atoms with van der Waals surface area (Å²) in [5, 5.41) is 18.2. The first-order valence-electron chi connectivity index (χ1n) is 10.0. The van der Waals surface area contributed by atoms with E-state index in [4.69, 9.17) is 21.8 Å². The topological polar surface area (TPSA) is 144 Å². The van der Waals surface area contributed by atoms with Gasteiger partial charge in [0, 0.05) is 29.8 Å². The molecule has 1 amide bonds. The molecule has 0 fully saturated rings. The molecule has 4 aromatic rings. The van der Waals surface area contributed by atoms with Gasteiger partial charge in [0.05, 0.1) is 27.8 Å². The number of aromatic nitrogens is 3. The number of aliphatic carboxylic acids is 2. The normalized spacial score (nSPS) is 10.2. The summed E-state index contributed by atoms with van der Waals surface area (Å²) in [6.07, 6.45) is 4.47. The molecule has 3 N–H and O–H groups in total. The van der Waals surface area contributed by atoms with E-state index < -0.39 is 18.4 Å². The minimum atomic E-state index is -1.31. The minimum absolute atomic E-state index is 0.0806. The Hall–Kier alpha value is -4.22. The van der Waals surface area contributed by atoms with Crippen molar-refractivity contribution in [2.75, 3.05) is 0 Å². The number of halogens is 1. The van der Waals surface area contributed by atoms with Gasteiger partial charge in [0.25, 0.3) is 11.5 Å². The molecule has 4 rings (SSSR count). The fourth-order valence-corrected chi connectivity index (χ4v) is 3.81. The lowest BCUT2D eigenvalue weighted by molar-refractivity contribution is -0.147. The van der Waals surface area contributed by atoms with Crippen LogP contribution in [-0.2, 0) is 16.1 Å². The molecule has 0 radical (unpaired) electrons. The van der Waals surface area contributed by atoms with Crippen LogP contribution in [0.5, 0.6) is 0 Å². The third-order valence-corrected chi connectivity index (χ3v) is 5.64. The van der Waals surface area contributed by atoms with Crippen molar-refractivity contribution in [1.82, 2.24) is 19.4 Å². The summed E-state index contributed by atoms with van der Waals surface area (Å²) in [5.74, 6) is -2.80. The first-order chi connectivity index (χ1) is 16.7. The van der Waals surface area contributed by atoms with Crippen LogP contribution in [0.25, 0.3) is 11.4 Å². The summed E-state index contributed by atoms with van der Waals surface area (Å²) >= 11 is 7.09. The molecule has 1 aromatic carbocycles. The highest BCUT2D eigenvalue weighted by Gasteiger charge is 2.09. The average Bonchev–Trinajstić information content (AvgIpc) is 3.47. The van der Waals surface area contributed by atoms with Crippen molar-refractivity contribution in [3.05, 3.63) is 98.6 Å². The summed E-state index contributed by atoms with van der Waals surface area (Å²) in [6, 6.07) is 16.0.